The van der Waals surface area contributed by atoms with Crippen LogP contribution in [-0.2, 0) is 9.84 Å². The minimum Gasteiger partial charge on any atom is -0.257 e. The molecule has 1 heterocycles. The first kappa shape index (κ1) is 12.8. The zero-order valence-corrected chi connectivity index (χ0v) is 10.9. The fraction of sp³-hybridized carbons (Fsp3) is 0. The van der Waals surface area contributed by atoms with Crippen molar-refractivity contribution in [2.24, 2.45) is 0 Å². The summed E-state index contributed by atoms with van der Waals surface area (Å²) in [6.45, 7) is 0. The van der Waals surface area contributed by atoms with Crippen molar-refractivity contribution < 1.29 is 8.42 Å². The summed E-state index contributed by atoms with van der Waals surface area (Å²) < 4.78 is 23.9. The smallest absolute Gasteiger partial charge is 0.199 e. The molecule has 0 radical (unpaired) electrons. The molecule has 0 atom stereocenters. The number of pyridine rings is 1. The summed E-state index contributed by atoms with van der Waals surface area (Å²) >= 11 is 5.71. The van der Waals surface area contributed by atoms with E-state index in [1.807, 2.05) is 0 Å². The molecular weight excluding hydrogens is 270 g/mol. The molecule has 3 nitrogen and oxygen atoms in total. The molecular formula is C13H10ClNO2S. The summed E-state index contributed by atoms with van der Waals surface area (Å²) in [5.41, 5.74) is 0.593. The van der Waals surface area contributed by atoms with Crippen molar-refractivity contribution in [3.05, 3.63) is 64.8 Å². The molecule has 92 valence electrons. The zero-order chi connectivity index (χ0) is 13.0. The van der Waals surface area contributed by atoms with Crippen molar-refractivity contribution >= 4 is 27.5 Å². The first-order valence-corrected chi connectivity index (χ1v) is 7.10. The van der Waals surface area contributed by atoms with Crippen LogP contribution in [0.1, 0.15) is 5.69 Å². The third-order valence-corrected chi connectivity index (χ3v) is 3.92. The molecule has 0 aliphatic rings. The van der Waals surface area contributed by atoms with Crippen molar-refractivity contribution in [1.82, 2.24) is 4.98 Å². The van der Waals surface area contributed by atoms with Crippen LogP contribution in [-0.4, -0.2) is 13.4 Å². The van der Waals surface area contributed by atoms with Gasteiger partial charge in [-0.1, -0.05) is 17.7 Å². The Morgan fingerprint density at radius 2 is 1.78 bits per heavy atom. The van der Waals surface area contributed by atoms with E-state index in [-0.39, 0.29) is 4.90 Å². The highest BCUT2D eigenvalue weighted by molar-refractivity contribution is 7.94. The fourth-order valence-corrected chi connectivity index (χ4v) is 2.45. The number of sulfone groups is 1. The van der Waals surface area contributed by atoms with Gasteiger partial charge in [-0.05, 0) is 42.5 Å². The second kappa shape index (κ2) is 5.33. The molecule has 5 heteroatoms. The largest absolute Gasteiger partial charge is 0.257 e. The van der Waals surface area contributed by atoms with Gasteiger partial charge >= 0.3 is 0 Å². The van der Waals surface area contributed by atoms with Gasteiger partial charge in [-0.2, -0.15) is 0 Å². The molecule has 1 aromatic heterocycles. The van der Waals surface area contributed by atoms with Gasteiger partial charge in [-0.15, -0.1) is 0 Å². The molecule has 1 aromatic carbocycles. The Morgan fingerprint density at radius 3 is 2.39 bits per heavy atom. The highest BCUT2D eigenvalue weighted by Gasteiger charge is 2.09. The lowest BCUT2D eigenvalue weighted by molar-refractivity contribution is 0.605. The Labute approximate surface area is 111 Å². The number of rotatable bonds is 3. The molecule has 0 bridgehead atoms. The van der Waals surface area contributed by atoms with E-state index in [0.717, 1.165) is 5.41 Å². The van der Waals surface area contributed by atoms with Crippen LogP contribution < -0.4 is 0 Å². The topological polar surface area (TPSA) is 47.0 Å². The molecule has 0 spiro atoms. The van der Waals surface area contributed by atoms with E-state index in [1.54, 1.807) is 36.5 Å². The Kier molecular flexibility index (Phi) is 3.79. The van der Waals surface area contributed by atoms with Gasteiger partial charge in [0, 0.05) is 16.6 Å². The zero-order valence-electron chi connectivity index (χ0n) is 9.32. The molecule has 0 aliphatic heterocycles. The lowest BCUT2D eigenvalue weighted by Gasteiger charge is -1.98. The third-order valence-electron chi connectivity index (χ3n) is 2.25. The molecule has 18 heavy (non-hydrogen) atoms. The summed E-state index contributed by atoms with van der Waals surface area (Å²) in [4.78, 5) is 4.22. The normalized spacial score (nSPS) is 11.8. The van der Waals surface area contributed by atoms with Crippen LogP contribution in [0.3, 0.4) is 0 Å². The highest BCUT2D eigenvalue weighted by Crippen LogP contribution is 2.16. The van der Waals surface area contributed by atoms with Crippen molar-refractivity contribution in [1.29, 1.82) is 0 Å². The first-order chi connectivity index (χ1) is 8.58. The Morgan fingerprint density at radius 1 is 1.06 bits per heavy atom. The van der Waals surface area contributed by atoms with Crippen LogP contribution in [0.4, 0.5) is 0 Å². The Hall–Kier alpha value is -1.65. The monoisotopic (exact) mass is 279 g/mol. The second-order valence-electron chi connectivity index (χ2n) is 3.56. The van der Waals surface area contributed by atoms with E-state index in [4.69, 9.17) is 11.6 Å². The van der Waals surface area contributed by atoms with E-state index in [9.17, 15) is 8.42 Å². The van der Waals surface area contributed by atoms with E-state index in [0.29, 0.717) is 10.7 Å². The molecule has 0 unspecified atom stereocenters. The maximum atomic E-state index is 12.0. The molecule has 0 aliphatic carbocycles. The second-order valence-corrected chi connectivity index (χ2v) is 5.83. The van der Waals surface area contributed by atoms with Gasteiger partial charge in [0.1, 0.15) is 0 Å². The van der Waals surface area contributed by atoms with Crippen LogP contribution in [0.2, 0.25) is 5.02 Å². The van der Waals surface area contributed by atoms with Crippen molar-refractivity contribution in [2.75, 3.05) is 0 Å². The van der Waals surface area contributed by atoms with E-state index in [2.05, 4.69) is 4.98 Å². The van der Waals surface area contributed by atoms with Gasteiger partial charge in [-0.3, -0.25) is 4.98 Å². The number of hydrogen-bond acceptors (Lipinski definition) is 3. The number of benzene rings is 1. The van der Waals surface area contributed by atoms with Gasteiger partial charge in [-0.25, -0.2) is 8.42 Å². The highest BCUT2D eigenvalue weighted by atomic mass is 35.5. The fourth-order valence-electron chi connectivity index (χ4n) is 1.34. The van der Waals surface area contributed by atoms with Crippen LogP contribution in [0.15, 0.2) is 59.0 Å². The molecule has 0 saturated heterocycles. The third kappa shape index (κ3) is 3.18. The summed E-state index contributed by atoms with van der Waals surface area (Å²) in [6.07, 6.45) is 3.07. The van der Waals surface area contributed by atoms with E-state index < -0.39 is 9.84 Å². The van der Waals surface area contributed by atoms with Crippen LogP contribution >= 0.6 is 11.6 Å². The van der Waals surface area contributed by atoms with Crippen LogP contribution in [0, 0.1) is 0 Å². The minimum atomic E-state index is -3.45. The average Bonchev–Trinajstić information content (AvgIpc) is 2.38. The van der Waals surface area contributed by atoms with E-state index in [1.165, 1.54) is 18.2 Å². The van der Waals surface area contributed by atoms with Gasteiger partial charge in [0.25, 0.3) is 0 Å². The summed E-state index contributed by atoms with van der Waals surface area (Å²) in [6, 6.07) is 11.3. The lowest BCUT2D eigenvalue weighted by atomic mass is 10.3. The maximum Gasteiger partial charge on any atom is 0.199 e. The lowest BCUT2D eigenvalue weighted by Crippen LogP contribution is -1.95. The number of nitrogens with zero attached hydrogens (tertiary/aromatic N) is 1. The summed E-state index contributed by atoms with van der Waals surface area (Å²) in [5.74, 6) is 0. The maximum absolute atomic E-state index is 12.0. The summed E-state index contributed by atoms with van der Waals surface area (Å²) in [7, 11) is -3.45. The average molecular weight is 280 g/mol. The van der Waals surface area contributed by atoms with Gasteiger partial charge < -0.3 is 0 Å². The molecule has 0 fully saturated rings. The Bertz CT molecular complexity index is 649. The SMILES string of the molecule is O=S(=O)(/C=C/c1ccccn1)c1ccc(Cl)cc1. The predicted molar refractivity (Wildman–Crippen MR) is 71.9 cm³/mol. The molecule has 2 rings (SSSR count). The molecule has 0 N–H and O–H groups in total. The standard InChI is InChI=1S/C13H10ClNO2S/c14-11-4-6-13(7-5-11)18(16,17)10-8-12-3-1-2-9-15-12/h1-10H/b10-8+. The van der Waals surface area contributed by atoms with Crippen molar-refractivity contribution in [3.63, 3.8) is 0 Å². The molecule has 0 amide bonds. The molecule has 2 aromatic rings. The Balaban J connectivity index is 2.28. The number of hydrogen-bond donors (Lipinski definition) is 0. The summed E-state index contributed by atoms with van der Waals surface area (Å²) in [5, 5.41) is 1.64. The minimum absolute atomic E-state index is 0.207. The van der Waals surface area contributed by atoms with Crippen LogP contribution in [0.5, 0.6) is 0 Å². The quantitative estimate of drug-likeness (QED) is 0.867. The van der Waals surface area contributed by atoms with Gasteiger partial charge in [0.2, 0.25) is 0 Å². The van der Waals surface area contributed by atoms with Crippen molar-refractivity contribution in [3.8, 4) is 0 Å². The van der Waals surface area contributed by atoms with Crippen molar-refractivity contribution in [2.45, 2.75) is 4.90 Å². The predicted octanol–water partition coefficient (Wildman–Crippen LogP) is 3.18. The first-order valence-electron chi connectivity index (χ1n) is 5.18. The van der Waals surface area contributed by atoms with E-state index >= 15 is 0 Å². The van der Waals surface area contributed by atoms with Crippen LogP contribution in [0.25, 0.3) is 6.08 Å². The number of halogens is 1. The number of aromatic nitrogens is 1. The molecule has 0 saturated carbocycles. The van der Waals surface area contributed by atoms with Gasteiger partial charge in [0.15, 0.2) is 9.84 Å². The van der Waals surface area contributed by atoms with Gasteiger partial charge in [0.05, 0.1) is 10.6 Å².